The molecule has 1 saturated heterocycles. The van der Waals surface area contributed by atoms with E-state index >= 15 is 0 Å². The van der Waals surface area contributed by atoms with Crippen LogP contribution in [0.1, 0.15) is 24.0 Å². The maximum Gasteiger partial charge on any atom is 0.328 e. The number of hydrogen-bond donors (Lipinski definition) is 1. The lowest BCUT2D eigenvalue weighted by Gasteiger charge is -2.26. The van der Waals surface area contributed by atoms with E-state index in [1.165, 1.54) is 5.56 Å². The van der Waals surface area contributed by atoms with Gasteiger partial charge in [-0.15, -0.1) is 0 Å². The Morgan fingerprint density at radius 1 is 1.19 bits per heavy atom. The van der Waals surface area contributed by atoms with Gasteiger partial charge in [-0.3, -0.25) is 0 Å². The maximum atomic E-state index is 12.3. The SMILES string of the molecule is O=C(Oc1ccc2c(c1)cc1c3c(cc4c(c32)OC4)C=CO1)[C@H]1CCCN1. The molecule has 0 aromatic heterocycles. The van der Waals surface area contributed by atoms with Crippen molar-refractivity contribution in [3.05, 3.63) is 47.7 Å². The van der Waals surface area contributed by atoms with E-state index in [4.69, 9.17) is 14.2 Å². The smallest absolute Gasteiger partial charge is 0.328 e. The maximum absolute atomic E-state index is 12.3. The van der Waals surface area contributed by atoms with Crippen molar-refractivity contribution in [2.75, 3.05) is 6.54 Å². The molecule has 3 aromatic carbocycles. The van der Waals surface area contributed by atoms with Crippen LogP contribution in [0.4, 0.5) is 0 Å². The topological polar surface area (TPSA) is 56.8 Å². The van der Waals surface area contributed by atoms with Crippen molar-refractivity contribution in [2.45, 2.75) is 25.5 Å². The first-order chi connectivity index (χ1) is 13.3. The molecule has 0 radical (unpaired) electrons. The highest BCUT2D eigenvalue weighted by molar-refractivity contribution is 6.17. The Balaban J connectivity index is 1.50. The molecule has 1 N–H and O–H groups in total. The Bertz CT molecular complexity index is 1160. The zero-order valence-electron chi connectivity index (χ0n) is 14.6. The van der Waals surface area contributed by atoms with Gasteiger partial charge in [0.15, 0.2) is 0 Å². The zero-order chi connectivity index (χ0) is 18.0. The van der Waals surface area contributed by atoms with Gasteiger partial charge in [-0.05, 0) is 72.1 Å². The number of esters is 1. The number of ether oxygens (including phenoxy) is 3. The number of rotatable bonds is 2. The van der Waals surface area contributed by atoms with Crippen LogP contribution in [-0.2, 0) is 11.4 Å². The van der Waals surface area contributed by atoms with Crippen molar-refractivity contribution >= 4 is 33.6 Å². The fourth-order valence-electron chi connectivity index (χ4n) is 4.25. The third-order valence-electron chi connectivity index (χ3n) is 5.59. The highest BCUT2D eigenvalue weighted by atomic mass is 16.5. The summed E-state index contributed by atoms with van der Waals surface area (Å²) in [5.74, 6) is 2.06. The summed E-state index contributed by atoms with van der Waals surface area (Å²) < 4.78 is 17.1. The van der Waals surface area contributed by atoms with Crippen LogP contribution in [0.5, 0.6) is 17.2 Å². The van der Waals surface area contributed by atoms with Crippen molar-refractivity contribution in [1.82, 2.24) is 5.32 Å². The largest absolute Gasteiger partial charge is 0.488 e. The number of fused-ring (bicyclic) bond motifs is 4. The highest BCUT2D eigenvalue weighted by Gasteiger charge is 2.26. The number of carbonyl (C=O) groups is 1. The van der Waals surface area contributed by atoms with Crippen molar-refractivity contribution in [3.8, 4) is 17.2 Å². The first kappa shape index (κ1) is 15.1. The van der Waals surface area contributed by atoms with Crippen LogP contribution in [0.25, 0.3) is 27.6 Å². The van der Waals surface area contributed by atoms with E-state index in [-0.39, 0.29) is 12.0 Å². The molecule has 0 saturated carbocycles. The monoisotopic (exact) mass is 359 g/mol. The number of benzene rings is 3. The molecule has 0 amide bonds. The lowest BCUT2D eigenvalue weighted by molar-refractivity contribution is -0.136. The minimum Gasteiger partial charge on any atom is -0.488 e. The van der Waals surface area contributed by atoms with Crippen molar-refractivity contribution in [2.24, 2.45) is 0 Å². The van der Waals surface area contributed by atoms with Gasteiger partial charge in [0, 0.05) is 16.3 Å². The molecular formula is C22H17NO4. The molecule has 0 aliphatic carbocycles. The Labute approximate surface area is 155 Å². The van der Waals surface area contributed by atoms with E-state index in [0.29, 0.717) is 12.4 Å². The van der Waals surface area contributed by atoms with Crippen LogP contribution in [0.3, 0.4) is 0 Å². The minimum absolute atomic E-state index is 0.206. The first-order valence-corrected chi connectivity index (χ1v) is 9.25. The second kappa shape index (κ2) is 5.47. The molecule has 1 atom stereocenters. The average molecular weight is 359 g/mol. The molecule has 5 heteroatoms. The summed E-state index contributed by atoms with van der Waals surface area (Å²) in [5.41, 5.74) is 2.36. The van der Waals surface area contributed by atoms with Gasteiger partial charge < -0.3 is 19.5 Å². The summed E-state index contributed by atoms with van der Waals surface area (Å²) in [5, 5.41) is 7.35. The fraction of sp³-hybridized carbons (Fsp3) is 0.227. The van der Waals surface area contributed by atoms with Gasteiger partial charge in [0.25, 0.3) is 0 Å². The standard InChI is InChI=1S/C22H17NO4/c24-22(17-2-1-6-23-17)27-15-3-4-16-13(9-15)10-18-19-12(5-7-25-18)8-14-11-26-21(14)20(16)19/h3-5,7-10,17,23H,1-2,6,11H2/t17-/m1/s1. The molecule has 6 rings (SSSR count). The molecule has 3 aliphatic heterocycles. The van der Waals surface area contributed by atoms with Gasteiger partial charge in [0.2, 0.25) is 0 Å². The van der Waals surface area contributed by atoms with Crippen LogP contribution in [0, 0.1) is 0 Å². The van der Waals surface area contributed by atoms with Gasteiger partial charge in [-0.2, -0.15) is 0 Å². The molecule has 0 spiro atoms. The van der Waals surface area contributed by atoms with Crippen LogP contribution < -0.4 is 19.5 Å². The van der Waals surface area contributed by atoms with E-state index in [2.05, 4.69) is 11.4 Å². The Morgan fingerprint density at radius 3 is 2.96 bits per heavy atom. The van der Waals surface area contributed by atoms with E-state index in [1.54, 1.807) is 6.26 Å². The fourth-order valence-corrected chi connectivity index (χ4v) is 4.25. The predicted molar refractivity (Wildman–Crippen MR) is 102 cm³/mol. The van der Waals surface area contributed by atoms with Crippen LogP contribution in [0.15, 0.2) is 36.6 Å². The quantitative estimate of drug-likeness (QED) is 0.427. The Morgan fingerprint density at radius 2 is 2.15 bits per heavy atom. The lowest BCUT2D eigenvalue weighted by atomic mass is 9.91. The van der Waals surface area contributed by atoms with Gasteiger partial charge in [-0.25, -0.2) is 4.79 Å². The predicted octanol–water partition coefficient (Wildman–Crippen LogP) is 3.91. The summed E-state index contributed by atoms with van der Waals surface area (Å²) in [6.45, 7) is 1.51. The minimum atomic E-state index is -0.220. The van der Waals surface area contributed by atoms with Gasteiger partial charge in [0.05, 0.1) is 6.26 Å². The second-order valence-electron chi connectivity index (χ2n) is 7.24. The summed E-state index contributed by atoms with van der Waals surface area (Å²) in [4.78, 5) is 12.3. The Hall–Kier alpha value is -3.05. The van der Waals surface area contributed by atoms with E-state index < -0.39 is 0 Å². The van der Waals surface area contributed by atoms with Crippen molar-refractivity contribution < 1.29 is 19.0 Å². The van der Waals surface area contributed by atoms with E-state index in [9.17, 15) is 4.79 Å². The summed E-state index contributed by atoms with van der Waals surface area (Å²) >= 11 is 0. The van der Waals surface area contributed by atoms with Crippen LogP contribution >= 0.6 is 0 Å². The highest BCUT2D eigenvalue weighted by Crippen LogP contribution is 2.48. The third kappa shape index (κ3) is 2.18. The van der Waals surface area contributed by atoms with Crippen molar-refractivity contribution in [1.29, 1.82) is 0 Å². The van der Waals surface area contributed by atoms with E-state index in [0.717, 1.165) is 58.0 Å². The molecule has 27 heavy (non-hydrogen) atoms. The zero-order valence-corrected chi connectivity index (χ0v) is 14.6. The average Bonchev–Trinajstić information content (AvgIpc) is 3.19. The number of carbonyl (C=O) groups excluding carboxylic acids is 1. The molecule has 0 unspecified atom stereocenters. The van der Waals surface area contributed by atoms with Gasteiger partial charge >= 0.3 is 5.97 Å². The van der Waals surface area contributed by atoms with Crippen molar-refractivity contribution in [3.63, 3.8) is 0 Å². The molecule has 1 fully saturated rings. The number of nitrogens with one attached hydrogen (secondary N) is 1. The molecule has 0 bridgehead atoms. The summed E-state index contributed by atoms with van der Waals surface area (Å²) in [6, 6.07) is 9.72. The summed E-state index contributed by atoms with van der Waals surface area (Å²) in [6.07, 6.45) is 5.54. The normalized spacial score (nSPS) is 19.3. The number of hydrogen-bond acceptors (Lipinski definition) is 5. The van der Waals surface area contributed by atoms with E-state index in [1.807, 2.05) is 30.3 Å². The third-order valence-corrected chi connectivity index (χ3v) is 5.59. The van der Waals surface area contributed by atoms with Crippen LogP contribution in [-0.4, -0.2) is 18.6 Å². The first-order valence-electron chi connectivity index (χ1n) is 9.25. The molecule has 5 nitrogen and oxygen atoms in total. The second-order valence-corrected chi connectivity index (χ2v) is 7.24. The lowest BCUT2D eigenvalue weighted by Crippen LogP contribution is -2.34. The summed E-state index contributed by atoms with van der Waals surface area (Å²) in [7, 11) is 0. The molecule has 134 valence electrons. The Kier molecular flexibility index (Phi) is 3.05. The molecular weight excluding hydrogens is 342 g/mol. The van der Waals surface area contributed by atoms with Gasteiger partial charge in [-0.1, -0.05) is 0 Å². The molecule has 3 aliphatic rings. The van der Waals surface area contributed by atoms with Crippen LogP contribution in [0.2, 0.25) is 0 Å². The molecule has 3 heterocycles. The molecule has 3 aromatic rings. The van der Waals surface area contributed by atoms with Gasteiger partial charge in [0.1, 0.15) is 29.9 Å².